The molecule has 1 aromatic carbocycles. The van der Waals surface area contributed by atoms with E-state index < -0.39 is 4.92 Å². The van der Waals surface area contributed by atoms with Gasteiger partial charge in [0.05, 0.1) is 11.0 Å². The molecule has 2 aliphatic rings. The van der Waals surface area contributed by atoms with Crippen molar-refractivity contribution in [2.24, 2.45) is 11.8 Å². The van der Waals surface area contributed by atoms with Crippen molar-refractivity contribution in [1.82, 2.24) is 10.6 Å². The first-order valence-electron chi connectivity index (χ1n) is 7.39. The number of fused-ring (bicyclic) bond motifs is 1. The van der Waals surface area contributed by atoms with Crippen LogP contribution in [0, 0.1) is 22.0 Å². The lowest BCUT2D eigenvalue weighted by molar-refractivity contribution is -0.384. The van der Waals surface area contributed by atoms with Crippen LogP contribution in [0.2, 0.25) is 0 Å². The molecule has 1 saturated heterocycles. The normalized spacial score (nSPS) is 27.3. The lowest BCUT2D eigenvalue weighted by atomic mass is 9.93. The molecule has 1 aliphatic heterocycles. The van der Waals surface area contributed by atoms with Crippen LogP contribution < -0.4 is 10.6 Å². The van der Waals surface area contributed by atoms with Crippen LogP contribution in [0.25, 0.3) is 0 Å². The lowest BCUT2D eigenvalue weighted by Crippen LogP contribution is -2.43. The lowest BCUT2D eigenvalue weighted by Gasteiger charge is -2.17. The van der Waals surface area contributed by atoms with Crippen LogP contribution in [0.3, 0.4) is 0 Å². The summed E-state index contributed by atoms with van der Waals surface area (Å²) < 4.78 is 0. The van der Waals surface area contributed by atoms with Gasteiger partial charge in [-0.25, -0.2) is 0 Å². The molecule has 1 heterocycles. The largest absolute Gasteiger partial charge is 0.351 e. The van der Waals surface area contributed by atoms with Gasteiger partial charge in [0.2, 0.25) is 5.91 Å². The van der Waals surface area contributed by atoms with Crippen LogP contribution in [0.5, 0.6) is 0 Å². The van der Waals surface area contributed by atoms with Crippen molar-refractivity contribution in [2.45, 2.75) is 31.8 Å². The zero-order valence-electron chi connectivity index (χ0n) is 11.7. The van der Waals surface area contributed by atoms with Crippen LogP contribution >= 0.6 is 0 Å². The number of rotatable bonds is 4. The molecule has 2 N–H and O–H groups in total. The van der Waals surface area contributed by atoms with Crippen molar-refractivity contribution in [2.75, 3.05) is 6.54 Å². The number of nitrogens with zero attached hydrogens (tertiary/aromatic N) is 1. The summed E-state index contributed by atoms with van der Waals surface area (Å²) in [4.78, 5) is 22.6. The molecule has 3 unspecified atom stereocenters. The minimum absolute atomic E-state index is 0.0101. The zero-order chi connectivity index (χ0) is 14.8. The highest BCUT2D eigenvalue weighted by Gasteiger charge is 2.42. The van der Waals surface area contributed by atoms with Gasteiger partial charge in [0.25, 0.3) is 5.69 Å². The zero-order valence-corrected chi connectivity index (χ0v) is 11.7. The molecule has 0 bridgehead atoms. The number of carbonyl (C=O) groups is 1. The molecular weight excluding hydrogens is 270 g/mol. The van der Waals surface area contributed by atoms with E-state index in [2.05, 4.69) is 10.6 Å². The summed E-state index contributed by atoms with van der Waals surface area (Å²) in [6.07, 6.45) is 3.55. The van der Waals surface area contributed by atoms with Gasteiger partial charge in [-0.05, 0) is 36.8 Å². The van der Waals surface area contributed by atoms with E-state index in [4.69, 9.17) is 0 Å². The van der Waals surface area contributed by atoms with Gasteiger partial charge < -0.3 is 10.6 Å². The molecule has 0 spiro atoms. The summed E-state index contributed by atoms with van der Waals surface area (Å²) in [6, 6.07) is 6.28. The minimum atomic E-state index is -0.424. The number of hydrogen-bond donors (Lipinski definition) is 2. The van der Waals surface area contributed by atoms with Crippen LogP contribution in [0.4, 0.5) is 5.69 Å². The summed E-state index contributed by atoms with van der Waals surface area (Å²) >= 11 is 0. The molecular formula is C15H19N3O3. The topological polar surface area (TPSA) is 84.3 Å². The first-order chi connectivity index (χ1) is 10.1. The Morgan fingerprint density at radius 3 is 3.10 bits per heavy atom. The maximum atomic E-state index is 12.3. The summed E-state index contributed by atoms with van der Waals surface area (Å²) in [6.45, 7) is 1.26. The smallest absolute Gasteiger partial charge is 0.269 e. The molecule has 1 saturated carbocycles. The standard InChI is InChI=1S/C15H19N3O3/c19-15(14-13-6-2-4-11(13)9-16-14)17-8-10-3-1-5-12(7-10)18(20)21/h1,3,5,7,11,13-14,16H,2,4,6,8-9H2,(H,17,19). The van der Waals surface area contributed by atoms with Gasteiger partial charge in [0.1, 0.15) is 0 Å². The fraction of sp³-hybridized carbons (Fsp3) is 0.533. The molecule has 0 radical (unpaired) electrons. The Morgan fingerprint density at radius 2 is 2.29 bits per heavy atom. The number of nitro groups is 1. The van der Waals surface area contributed by atoms with E-state index in [9.17, 15) is 14.9 Å². The van der Waals surface area contributed by atoms with E-state index in [1.807, 2.05) is 0 Å². The first-order valence-corrected chi connectivity index (χ1v) is 7.39. The molecule has 1 amide bonds. The highest BCUT2D eigenvalue weighted by atomic mass is 16.6. The number of nitro benzene ring substituents is 1. The maximum absolute atomic E-state index is 12.3. The van der Waals surface area contributed by atoms with Crippen LogP contribution in [0.15, 0.2) is 24.3 Å². The van der Waals surface area contributed by atoms with E-state index in [0.717, 1.165) is 18.5 Å². The molecule has 1 aromatic rings. The maximum Gasteiger partial charge on any atom is 0.269 e. The van der Waals surface area contributed by atoms with Gasteiger partial charge in [-0.3, -0.25) is 14.9 Å². The minimum Gasteiger partial charge on any atom is -0.351 e. The molecule has 21 heavy (non-hydrogen) atoms. The third-order valence-corrected chi connectivity index (χ3v) is 4.62. The second-order valence-corrected chi connectivity index (χ2v) is 5.89. The predicted octanol–water partition coefficient (Wildman–Crippen LogP) is 1.60. The summed E-state index contributed by atoms with van der Waals surface area (Å²) in [5, 5.41) is 16.9. The highest BCUT2D eigenvalue weighted by molar-refractivity contribution is 5.82. The van der Waals surface area contributed by atoms with Crippen LogP contribution in [-0.4, -0.2) is 23.4 Å². The predicted molar refractivity (Wildman–Crippen MR) is 77.6 cm³/mol. The molecule has 0 aromatic heterocycles. The fourth-order valence-corrected chi connectivity index (χ4v) is 3.55. The van der Waals surface area contributed by atoms with Gasteiger partial charge in [-0.1, -0.05) is 18.6 Å². The second-order valence-electron chi connectivity index (χ2n) is 5.89. The monoisotopic (exact) mass is 289 g/mol. The Balaban J connectivity index is 1.58. The van der Waals surface area contributed by atoms with E-state index in [1.165, 1.54) is 25.0 Å². The summed E-state index contributed by atoms with van der Waals surface area (Å²) in [5.41, 5.74) is 0.801. The van der Waals surface area contributed by atoms with Crippen molar-refractivity contribution in [3.05, 3.63) is 39.9 Å². The number of benzene rings is 1. The SMILES string of the molecule is O=C(NCc1cccc([N+](=O)[O-])c1)C1NCC2CCCC21. The molecule has 112 valence electrons. The number of carbonyl (C=O) groups excluding carboxylic acids is 1. The van der Waals surface area contributed by atoms with Crippen LogP contribution in [0.1, 0.15) is 24.8 Å². The Kier molecular flexibility index (Phi) is 3.88. The Hall–Kier alpha value is -1.95. The Labute approximate surface area is 123 Å². The third kappa shape index (κ3) is 2.90. The van der Waals surface area contributed by atoms with Crippen molar-refractivity contribution in [1.29, 1.82) is 0 Å². The first kappa shape index (κ1) is 14.0. The average molecular weight is 289 g/mol. The van der Waals surface area contributed by atoms with E-state index >= 15 is 0 Å². The molecule has 3 atom stereocenters. The quantitative estimate of drug-likeness (QED) is 0.651. The molecule has 2 fully saturated rings. The van der Waals surface area contributed by atoms with Gasteiger partial charge in [-0.2, -0.15) is 0 Å². The second kappa shape index (κ2) is 5.81. The molecule has 3 rings (SSSR count). The number of amides is 1. The van der Waals surface area contributed by atoms with Crippen molar-refractivity contribution >= 4 is 11.6 Å². The molecule has 6 heteroatoms. The number of hydrogen-bond acceptors (Lipinski definition) is 4. The van der Waals surface area contributed by atoms with E-state index in [-0.39, 0.29) is 17.6 Å². The van der Waals surface area contributed by atoms with Crippen molar-refractivity contribution < 1.29 is 9.72 Å². The van der Waals surface area contributed by atoms with Gasteiger partial charge in [0, 0.05) is 18.7 Å². The van der Waals surface area contributed by atoms with Crippen LogP contribution in [-0.2, 0) is 11.3 Å². The van der Waals surface area contributed by atoms with Gasteiger partial charge in [0.15, 0.2) is 0 Å². The van der Waals surface area contributed by atoms with Crippen molar-refractivity contribution in [3.8, 4) is 0 Å². The summed E-state index contributed by atoms with van der Waals surface area (Å²) in [5.74, 6) is 1.10. The highest BCUT2D eigenvalue weighted by Crippen LogP contribution is 2.37. The third-order valence-electron chi connectivity index (χ3n) is 4.62. The number of non-ortho nitro benzene ring substituents is 1. The van der Waals surface area contributed by atoms with Gasteiger partial charge >= 0.3 is 0 Å². The number of nitrogens with one attached hydrogen (secondary N) is 2. The van der Waals surface area contributed by atoms with Gasteiger partial charge in [-0.15, -0.1) is 0 Å². The van der Waals surface area contributed by atoms with E-state index in [1.54, 1.807) is 12.1 Å². The van der Waals surface area contributed by atoms with E-state index in [0.29, 0.717) is 18.4 Å². The molecule has 1 aliphatic carbocycles. The molecule has 6 nitrogen and oxygen atoms in total. The van der Waals surface area contributed by atoms with Crippen molar-refractivity contribution in [3.63, 3.8) is 0 Å². The fourth-order valence-electron chi connectivity index (χ4n) is 3.55. The Bertz CT molecular complexity index is 561. The Morgan fingerprint density at radius 1 is 1.43 bits per heavy atom. The summed E-state index contributed by atoms with van der Waals surface area (Å²) in [7, 11) is 0. The average Bonchev–Trinajstić information content (AvgIpc) is 3.07.